The molecule has 2 aliphatic rings. The summed E-state index contributed by atoms with van der Waals surface area (Å²) < 4.78 is 0. The van der Waals surface area contributed by atoms with E-state index < -0.39 is 4.92 Å². The molecule has 20 heavy (non-hydrogen) atoms. The van der Waals surface area contributed by atoms with E-state index in [2.05, 4.69) is 15.3 Å². The van der Waals surface area contributed by atoms with E-state index in [0.29, 0.717) is 23.5 Å². The predicted octanol–water partition coefficient (Wildman–Crippen LogP) is 1.90. The maximum atomic E-state index is 11.0. The van der Waals surface area contributed by atoms with Crippen LogP contribution in [0.1, 0.15) is 25.7 Å². The highest BCUT2D eigenvalue weighted by molar-refractivity contribution is 5.55. The Morgan fingerprint density at radius 1 is 1.30 bits per heavy atom. The number of hydrogen-bond donors (Lipinski definition) is 2. The minimum atomic E-state index is -0.404. The van der Waals surface area contributed by atoms with Crippen LogP contribution in [0.25, 0.3) is 0 Å². The molecule has 0 amide bonds. The topological polar surface area (TPSA) is 97.3 Å². The molecule has 3 rings (SSSR count). The van der Waals surface area contributed by atoms with Gasteiger partial charge in [0.15, 0.2) is 0 Å². The van der Waals surface area contributed by atoms with Crippen LogP contribution >= 0.6 is 0 Å². The van der Waals surface area contributed by atoms with Crippen LogP contribution in [-0.4, -0.2) is 23.0 Å². The van der Waals surface area contributed by atoms with Crippen molar-refractivity contribution in [2.24, 2.45) is 17.7 Å². The number of rotatable bonds is 7. The smallest absolute Gasteiger partial charge is 0.276 e. The molecule has 0 radical (unpaired) electrons. The van der Waals surface area contributed by atoms with Crippen LogP contribution in [0.5, 0.6) is 0 Å². The van der Waals surface area contributed by atoms with Crippen molar-refractivity contribution >= 4 is 17.3 Å². The summed E-state index contributed by atoms with van der Waals surface area (Å²) in [6, 6.07) is 2.90. The van der Waals surface area contributed by atoms with Crippen molar-refractivity contribution in [3.63, 3.8) is 0 Å². The largest absolute Gasteiger partial charge is 0.356 e. The number of pyridine rings is 1. The van der Waals surface area contributed by atoms with Crippen molar-refractivity contribution in [2.75, 3.05) is 23.4 Å². The fraction of sp³-hybridized carbons (Fsp3) is 0.615. The summed E-state index contributed by atoms with van der Waals surface area (Å²) in [6.45, 7) is 1.88. The molecule has 2 aliphatic carbocycles. The van der Waals surface area contributed by atoms with Gasteiger partial charge in [-0.15, -0.1) is 0 Å². The molecule has 0 aromatic carbocycles. The van der Waals surface area contributed by atoms with Crippen molar-refractivity contribution in [3.05, 3.63) is 22.2 Å². The molecule has 7 nitrogen and oxygen atoms in total. The number of hydrazine groups is 1. The van der Waals surface area contributed by atoms with Crippen LogP contribution in [0.15, 0.2) is 12.1 Å². The molecule has 1 aromatic rings. The van der Waals surface area contributed by atoms with Gasteiger partial charge in [-0.2, -0.15) is 0 Å². The number of nitrogen functional groups attached to an aromatic ring is 1. The first kappa shape index (κ1) is 13.1. The standard InChI is InChI=1S/C13H19N5O2/c14-16-12-5-11(18(19)20)6-13(15-12)17(7-9-1-2-9)8-10-3-4-10/h5-6,9-10H,1-4,7-8,14H2,(H,15,16). The van der Waals surface area contributed by atoms with Crippen LogP contribution in [-0.2, 0) is 0 Å². The number of nitrogens with two attached hydrogens (primary N) is 1. The highest BCUT2D eigenvalue weighted by atomic mass is 16.6. The zero-order valence-electron chi connectivity index (χ0n) is 11.3. The second kappa shape index (κ2) is 5.24. The van der Waals surface area contributed by atoms with Gasteiger partial charge in [-0.1, -0.05) is 0 Å². The first-order chi connectivity index (χ1) is 9.65. The maximum Gasteiger partial charge on any atom is 0.276 e. The minimum Gasteiger partial charge on any atom is -0.356 e. The molecule has 0 saturated heterocycles. The first-order valence-electron chi connectivity index (χ1n) is 7.03. The van der Waals surface area contributed by atoms with Gasteiger partial charge < -0.3 is 10.3 Å². The molecule has 1 aromatic heterocycles. The molecule has 1 heterocycles. The van der Waals surface area contributed by atoms with Gasteiger partial charge in [0.25, 0.3) is 5.69 Å². The Balaban J connectivity index is 1.86. The third kappa shape index (κ3) is 3.16. The van der Waals surface area contributed by atoms with Gasteiger partial charge in [0.2, 0.25) is 0 Å². The number of aromatic nitrogens is 1. The molecular formula is C13H19N5O2. The highest BCUT2D eigenvalue weighted by Crippen LogP contribution is 2.36. The second-order valence-corrected chi connectivity index (χ2v) is 5.76. The van der Waals surface area contributed by atoms with Crippen molar-refractivity contribution in [1.82, 2.24) is 4.98 Å². The summed E-state index contributed by atoms with van der Waals surface area (Å²) in [5.74, 6) is 7.78. The number of nitrogens with one attached hydrogen (secondary N) is 1. The Hall–Kier alpha value is -1.89. The summed E-state index contributed by atoms with van der Waals surface area (Å²) >= 11 is 0. The monoisotopic (exact) mass is 277 g/mol. The lowest BCUT2D eigenvalue weighted by Gasteiger charge is -2.24. The van der Waals surface area contributed by atoms with Gasteiger partial charge in [-0.05, 0) is 37.5 Å². The fourth-order valence-electron chi connectivity index (χ4n) is 2.33. The maximum absolute atomic E-state index is 11.0. The van der Waals surface area contributed by atoms with Gasteiger partial charge in [0, 0.05) is 13.1 Å². The number of hydrogen-bond acceptors (Lipinski definition) is 6. The van der Waals surface area contributed by atoms with Crippen molar-refractivity contribution < 1.29 is 4.92 Å². The minimum absolute atomic E-state index is 0.0274. The van der Waals surface area contributed by atoms with E-state index in [-0.39, 0.29) is 5.69 Å². The normalized spacial score (nSPS) is 17.9. The van der Waals surface area contributed by atoms with Crippen molar-refractivity contribution in [1.29, 1.82) is 0 Å². The molecule has 7 heteroatoms. The molecule has 2 fully saturated rings. The van der Waals surface area contributed by atoms with Crippen LogP contribution in [0.3, 0.4) is 0 Å². The molecule has 2 saturated carbocycles. The zero-order valence-corrected chi connectivity index (χ0v) is 11.3. The van der Waals surface area contributed by atoms with E-state index in [9.17, 15) is 10.1 Å². The van der Waals surface area contributed by atoms with E-state index in [1.807, 2.05) is 0 Å². The van der Waals surface area contributed by atoms with Gasteiger partial charge in [-0.25, -0.2) is 10.8 Å². The Bertz CT molecular complexity index is 499. The quantitative estimate of drug-likeness (QED) is 0.449. The molecule has 3 N–H and O–H groups in total. The first-order valence-corrected chi connectivity index (χ1v) is 7.03. The van der Waals surface area contributed by atoms with E-state index in [1.165, 1.54) is 31.7 Å². The summed E-state index contributed by atoms with van der Waals surface area (Å²) in [5, 5.41) is 11.0. The Morgan fingerprint density at radius 3 is 2.35 bits per heavy atom. The van der Waals surface area contributed by atoms with Crippen LogP contribution in [0.4, 0.5) is 17.3 Å². The number of anilines is 2. The molecule has 0 atom stereocenters. The third-order valence-electron chi connectivity index (χ3n) is 3.83. The lowest BCUT2D eigenvalue weighted by Crippen LogP contribution is -2.29. The number of nitro groups is 1. The van der Waals surface area contributed by atoms with Crippen LogP contribution < -0.4 is 16.2 Å². The molecule has 0 bridgehead atoms. The Kier molecular flexibility index (Phi) is 3.43. The van der Waals surface area contributed by atoms with Gasteiger partial charge in [0.1, 0.15) is 11.6 Å². The zero-order chi connectivity index (χ0) is 14.1. The number of nitrogens with zero attached hydrogens (tertiary/aromatic N) is 3. The lowest BCUT2D eigenvalue weighted by atomic mass is 10.3. The van der Waals surface area contributed by atoms with E-state index in [1.54, 1.807) is 6.07 Å². The van der Waals surface area contributed by atoms with Gasteiger partial charge in [-0.3, -0.25) is 10.1 Å². The summed E-state index contributed by atoms with van der Waals surface area (Å²) in [6.07, 6.45) is 4.99. The molecule has 108 valence electrons. The van der Waals surface area contributed by atoms with E-state index in [4.69, 9.17) is 5.84 Å². The summed E-state index contributed by atoms with van der Waals surface area (Å²) in [7, 11) is 0. The second-order valence-electron chi connectivity index (χ2n) is 5.76. The fourth-order valence-corrected chi connectivity index (χ4v) is 2.33. The average Bonchev–Trinajstić information content (AvgIpc) is 3.32. The van der Waals surface area contributed by atoms with Crippen molar-refractivity contribution in [3.8, 4) is 0 Å². The van der Waals surface area contributed by atoms with E-state index in [0.717, 1.165) is 13.1 Å². The molecular weight excluding hydrogens is 258 g/mol. The molecule has 0 unspecified atom stereocenters. The SMILES string of the molecule is NNc1cc([N+](=O)[O-])cc(N(CC2CC2)CC2CC2)n1. The molecule has 0 spiro atoms. The van der Waals surface area contributed by atoms with E-state index >= 15 is 0 Å². The average molecular weight is 277 g/mol. The Labute approximate surface area is 117 Å². The van der Waals surface area contributed by atoms with Crippen molar-refractivity contribution in [2.45, 2.75) is 25.7 Å². The molecule has 0 aliphatic heterocycles. The van der Waals surface area contributed by atoms with Crippen LogP contribution in [0.2, 0.25) is 0 Å². The van der Waals surface area contributed by atoms with Crippen LogP contribution in [0, 0.1) is 22.0 Å². The summed E-state index contributed by atoms with van der Waals surface area (Å²) in [4.78, 5) is 17.2. The van der Waals surface area contributed by atoms with Gasteiger partial charge >= 0.3 is 0 Å². The highest BCUT2D eigenvalue weighted by Gasteiger charge is 2.30. The van der Waals surface area contributed by atoms with Gasteiger partial charge in [0.05, 0.1) is 17.1 Å². The predicted molar refractivity (Wildman–Crippen MR) is 76.4 cm³/mol. The third-order valence-corrected chi connectivity index (χ3v) is 3.83. The summed E-state index contributed by atoms with van der Waals surface area (Å²) in [5.41, 5.74) is 2.44. The lowest BCUT2D eigenvalue weighted by molar-refractivity contribution is -0.384. The Morgan fingerprint density at radius 2 is 1.90 bits per heavy atom.